The Bertz CT molecular complexity index is 749. The fourth-order valence-electron chi connectivity index (χ4n) is 3.59. The van der Waals surface area contributed by atoms with Gasteiger partial charge < -0.3 is 19.9 Å². The summed E-state index contributed by atoms with van der Waals surface area (Å²) in [5.74, 6) is 0.858. The summed E-state index contributed by atoms with van der Waals surface area (Å²) in [5.41, 5.74) is 1.00. The van der Waals surface area contributed by atoms with E-state index in [2.05, 4.69) is 10.2 Å². The minimum atomic E-state index is 0.0978. The molecule has 134 valence electrons. The molecule has 0 radical (unpaired) electrons. The van der Waals surface area contributed by atoms with Crippen LogP contribution in [0.25, 0.3) is 10.2 Å². The van der Waals surface area contributed by atoms with Gasteiger partial charge in [0.1, 0.15) is 5.75 Å². The summed E-state index contributed by atoms with van der Waals surface area (Å²) in [6.45, 7) is 3.15. The molecule has 6 nitrogen and oxygen atoms in total. The summed E-state index contributed by atoms with van der Waals surface area (Å²) in [6, 6.07) is 6.45. The van der Waals surface area contributed by atoms with Crippen LogP contribution in [0, 0.1) is 0 Å². The number of nitrogens with zero attached hydrogens (tertiary/aromatic N) is 3. The van der Waals surface area contributed by atoms with Gasteiger partial charge in [-0.3, -0.25) is 0 Å². The number of amides is 2. The minimum absolute atomic E-state index is 0.0978. The lowest BCUT2D eigenvalue weighted by molar-refractivity contribution is 0.190. The largest absolute Gasteiger partial charge is 0.497 e. The number of anilines is 1. The maximum Gasteiger partial charge on any atom is 0.317 e. The third kappa shape index (κ3) is 3.51. The van der Waals surface area contributed by atoms with Crippen LogP contribution in [0.15, 0.2) is 18.2 Å². The number of benzene rings is 1. The number of nitrogens with one attached hydrogen (secondary N) is 1. The van der Waals surface area contributed by atoms with Gasteiger partial charge in [0.05, 0.1) is 17.3 Å². The molecular formula is C18H24N4O2S. The summed E-state index contributed by atoms with van der Waals surface area (Å²) >= 11 is 1.68. The van der Waals surface area contributed by atoms with E-state index in [9.17, 15) is 4.79 Å². The lowest BCUT2D eigenvalue weighted by Crippen LogP contribution is -2.53. The van der Waals surface area contributed by atoms with Crippen molar-refractivity contribution in [2.24, 2.45) is 0 Å². The van der Waals surface area contributed by atoms with Crippen LogP contribution in [0.1, 0.15) is 25.7 Å². The van der Waals surface area contributed by atoms with Gasteiger partial charge in [-0.15, -0.1) is 0 Å². The maximum absolute atomic E-state index is 12.4. The summed E-state index contributed by atoms with van der Waals surface area (Å²) in [6.07, 6.45) is 4.73. The van der Waals surface area contributed by atoms with E-state index in [-0.39, 0.29) is 6.03 Å². The Morgan fingerprint density at radius 1 is 1.24 bits per heavy atom. The summed E-state index contributed by atoms with van der Waals surface area (Å²) < 4.78 is 6.42. The van der Waals surface area contributed by atoms with Crippen molar-refractivity contribution >= 4 is 32.7 Å². The molecule has 0 unspecified atom stereocenters. The van der Waals surface area contributed by atoms with Crippen LogP contribution in [-0.2, 0) is 0 Å². The van der Waals surface area contributed by atoms with Crippen LogP contribution in [0.2, 0.25) is 0 Å². The van der Waals surface area contributed by atoms with Crippen LogP contribution in [0.5, 0.6) is 5.75 Å². The molecule has 1 N–H and O–H groups in total. The van der Waals surface area contributed by atoms with Crippen molar-refractivity contribution in [3.8, 4) is 5.75 Å². The number of methoxy groups -OCH3 is 1. The number of thiazole rings is 1. The van der Waals surface area contributed by atoms with E-state index in [1.807, 2.05) is 23.1 Å². The first kappa shape index (κ1) is 16.4. The van der Waals surface area contributed by atoms with E-state index in [1.165, 1.54) is 12.8 Å². The zero-order valence-corrected chi connectivity index (χ0v) is 15.3. The number of fused-ring (bicyclic) bond motifs is 1. The molecule has 7 heteroatoms. The molecule has 2 aromatic rings. The van der Waals surface area contributed by atoms with E-state index < -0.39 is 0 Å². The smallest absolute Gasteiger partial charge is 0.317 e. The van der Waals surface area contributed by atoms with Gasteiger partial charge in [-0.05, 0) is 31.0 Å². The van der Waals surface area contributed by atoms with Crippen molar-refractivity contribution in [1.82, 2.24) is 15.2 Å². The van der Waals surface area contributed by atoms with Crippen molar-refractivity contribution < 1.29 is 9.53 Å². The average molecular weight is 360 g/mol. The molecule has 4 rings (SSSR count). The fourth-order valence-corrected chi connectivity index (χ4v) is 4.64. The van der Waals surface area contributed by atoms with Crippen molar-refractivity contribution in [2.45, 2.75) is 31.7 Å². The van der Waals surface area contributed by atoms with Gasteiger partial charge in [0.2, 0.25) is 0 Å². The van der Waals surface area contributed by atoms with Gasteiger partial charge in [-0.25, -0.2) is 9.78 Å². The molecule has 0 atom stereocenters. The topological polar surface area (TPSA) is 57.7 Å². The maximum atomic E-state index is 12.4. The number of carbonyl (C=O) groups excluding carboxylic acids is 1. The number of urea groups is 1. The Balaban J connectivity index is 1.37. The Labute approximate surface area is 151 Å². The van der Waals surface area contributed by atoms with Crippen LogP contribution >= 0.6 is 11.3 Å². The number of rotatable bonds is 3. The molecule has 1 aliphatic heterocycles. The van der Waals surface area contributed by atoms with E-state index in [4.69, 9.17) is 9.72 Å². The second-order valence-electron chi connectivity index (χ2n) is 6.74. The second-order valence-corrected chi connectivity index (χ2v) is 7.74. The zero-order valence-electron chi connectivity index (χ0n) is 14.5. The van der Waals surface area contributed by atoms with Crippen molar-refractivity contribution in [2.75, 3.05) is 38.2 Å². The summed E-state index contributed by atoms with van der Waals surface area (Å²) in [5, 5.41) is 4.21. The highest BCUT2D eigenvalue weighted by Crippen LogP contribution is 2.31. The number of piperazine rings is 1. The molecule has 2 aliphatic rings. The van der Waals surface area contributed by atoms with Gasteiger partial charge in [-0.1, -0.05) is 24.2 Å². The summed E-state index contributed by atoms with van der Waals surface area (Å²) in [7, 11) is 1.68. The Hall–Kier alpha value is -2.02. The van der Waals surface area contributed by atoms with Crippen molar-refractivity contribution in [3.63, 3.8) is 0 Å². The standard InChI is InChI=1S/C18H24N4O2S/c1-24-14-6-7-15-16(12-14)25-18(20-15)22-10-8-21(9-11-22)17(23)19-13-4-2-3-5-13/h6-7,12-13H,2-5,8-11H2,1H3,(H,19,23). The van der Waals surface area contributed by atoms with Crippen LogP contribution in [0.4, 0.5) is 9.93 Å². The second kappa shape index (κ2) is 7.07. The first-order valence-electron chi connectivity index (χ1n) is 8.98. The van der Waals surface area contributed by atoms with Crippen molar-refractivity contribution in [3.05, 3.63) is 18.2 Å². The fraction of sp³-hybridized carbons (Fsp3) is 0.556. The molecule has 0 spiro atoms. The molecule has 25 heavy (non-hydrogen) atoms. The van der Waals surface area contributed by atoms with Gasteiger partial charge in [0.15, 0.2) is 5.13 Å². The Morgan fingerprint density at radius 3 is 2.72 bits per heavy atom. The molecule has 1 aliphatic carbocycles. The minimum Gasteiger partial charge on any atom is -0.497 e. The molecule has 1 saturated heterocycles. The number of aromatic nitrogens is 1. The molecule has 0 bridgehead atoms. The zero-order chi connectivity index (χ0) is 17.2. The Morgan fingerprint density at radius 2 is 2.00 bits per heavy atom. The highest BCUT2D eigenvalue weighted by Gasteiger charge is 2.25. The van der Waals surface area contributed by atoms with Gasteiger partial charge in [0, 0.05) is 32.2 Å². The lowest BCUT2D eigenvalue weighted by Gasteiger charge is -2.35. The number of carbonyl (C=O) groups is 1. The molecular weight excluding hydrogens is 336 g/mol. The molecule has 1 aromatic heterocycles. The predicted molar refractivity (Wildman–Crippen MR) is 101 cm³/mol. The first-order valence-corrected chi connectivity index (χ1v) is 9.79. The predicted octanol–water partition coefficient (Wildman–Crippen LogP) is 3.08. The van der Waals surface area contributed by atoms with Gasteiger partial charge in [0.25, 0.3) is 0 Å². The van der Waals surface area contributed by atoms with Gasteiger partial charge >= 0.3 is 6.03 Å². The van der Waals surface area contributed by atoms with Crippen LogP contribution in [-0.4, -0.2) is 55.2 Å². The molecule has 1 saturated carbocycles. The quantitative estimate of drug-likeness (QED) is 0.914. The third-order valence-electron chi connectivity index (χ3n) is 5.10. The number of hydrogen-bond acceptors (Lipinski definition) is 5. The first-order chi connectivity index (χ1) is 12.2. The number of ether oxygens (including phenoxy) is 1. The van der Waals surface area contributed by atoms with E-state index in [0.717, 1.165) is 60.1 Å². The third-order valence-corrected chi connectivity index (χ3v) is 6.18. The molecule has 2 fully saturated rings. The number of hydrogen-bond donors (Lipinski definition) is 1. The Kier molecular flexibility index (Phi) is 4.65. The highest BCUT2D eigenvalue weighted by molar-refractivity contribution is 7.22. The molecule has 1 aromatic carbocycles. The van der Waals surface area contributed by atoms with E-state index >= 15 is 0 Å². The average Bonchev–Trinajstić information content (AvgIpc) is 3.30. The normalized spacial score (nSPS) is 18.8. The van der Waals surface area contributed by atoms with Crippen LogP contribution in [0.3, 0.4) is 0 Å². The SMILES string of the molecule is COc1ccc2nc(N3CCN(C(=O)NC4CCCC4)CC3)sc2c1. The highest BCUT2D eigenvalue weighted by atomic mass is 32.1. The monoisotopic (exact) mass is 360 g/mol. The van der Waals surface area contributed by atoms with Crippen LogP contribution < -0.4 is 15.0 Å². The van der Waals surface area contributed by atoms with Gasteiger partial charge in [-0.2, -0.15) is 0 Å². The summed E-state index contributed by atoms with van der Waals surface area (Å²) in [4.78, 5) is 21.3. The molecule has 2 amide bonds. The molecule has 2 heterocycles. The lowest BCUT2D eigenvalue weighted by atomic mass is 10.2. The van der Waals surface area contributed by atoms with E-state index in [1.54, 1.807) is 18.4 Å². The van der Waals surface area contributed by atoms with E-state index in [0.29, 0.717) is 6.04 Å². The van der Waals surface area contributed by atoms with Crippen molar-refractivity contribution in [1.29, 1.82) is 0 Å².